The SMILES string of the molecule is Cc1ccc(NC(=O)C2CCC(C(=O)NC(C)(C)C)CC2)c(C)c1. The molecule has 1 aromatic carbocycles. The van der Waals surface area contributed by atoms with Crippen molar-refractivity contribution in [3.63, 3.8) is 0 Å². The van der Waals surface area contributed by atoms with E-state index < -0.39 is 0 Å². The number of anilines is 1. The van der Waals surface area contributed by atoms with Crippen LogP contribution in [-0.4, -0.2) is 17.4 Å². The largest absolute Gasteiger partial charge is 0.351 e. The molecular formula is C20H30N2O2. The van der Waals surface area contributed by atoms with Crippen LogP contribution in [0, 0.1) is 25.7 Å². The molecule has 0 aliphatic heterocycles. The topological polar surface area (TPSA) is 58.2 Å². The summed E-state index contributed by atoms with van der Waals surface area (Å²) < 4.78 is 0. The van der Waals surface area contributed by atoms with E-state index in [0.29, 0.717) is 0 Å². The maximum atomic E-state index is 12.5. The molecule has 4 heteroatoms. The molecule has 0 bridgehead atoms. The summed E-state index contributed by atoms with van der Waals surface area (Å²) in [7, 11) is 0. The minimum absolute atomic E-state index is 0.00406. The Morgan fingerprint density at radius 3 is 2.00 bits per heavy atom. The van der Waals surface area contributed by atoms with Gasteiger partial charge in [0.2, 0.25) is 11.8 Å². The summed E-state index contributed by atoms with van der Waals surface area (Å²) in [4.78, 5) is 24.7. The lowest BCUT2D eigenvalue weighted by molar-refractivity contribution is -0.129. The van der Waals surface area contributed by atoms with Crippen LogP contribution in [0.5, 0.6) is 0 Å². The molecule has 0 atom stereocenters. The van der Waals surface area contributed by atoms with Crippen LogP contribution in [0.15, 0.2) is 18.2 Å². The monoisotopic (exact) mass is 330 g/mol. The first-order valence-corrected chi connectivity index (χ1v) is 8.86. The summed E-state index contributed by atoms with van der Waals surface area (Å²) >= 11 is 0. The second kappa shape index (κ2) is 7.37. The Labute approximate surface area is 145 Å². The fraction of sp³-hybridized carbons (Fsp3) is 0.600. The minimum Gasteiger partial charge on any atom is -0.351 e. The van der Waals surface area contributed by atoms with Crippen LogP contribution in [0.2, 0.25) is 0 Å². The summed E-state index contributed by atoms with van der Waals surface area (Å²) in [6, 6.07) is 6.05. The van der Waals surface area contributed by atoms with Gasteiger partial charge in [0.15, 0.2) is 0 Å². The Morgan fingerprint density at radius 2 is 1.50 bits per heavy atom. The summed E-state index contributed by atoms with van der Waals surface area (Å²) in [6.45, 7) is 10.0. The van der Waals surface area contributed by atoms with E-state index in [1.807, 2.05) is 46.8 Å². The minimum atomic E-state index is -0.200. The first kappa shape index (κ1) is 18.5. The van der Waals surface area contributed by atoms with E-state index in [1.54, 1.807) is 0 Å². The zero-order chi connectivity index (χ0) is 17.9. The number of benzene rings is 1. The predicted octanol–water partition coefficient (Wildman–Crippen LogP) is 3.96. The lowest BCUT2D eigenvalue weighted by atomic mass is 9.80. The highest BCUT2D eigenvalue weighted by Crippen LogP contribution is 2.30. The molecule has 1 aliphatic carbocycles. The molecule has 1 saturated carbocycles. The zero-order valence-corrected chi connectivity index (χ0v) is 15.5. The molecule has 0 unspecified atom stereocenters. The predicted molar refractivity (Wildman–Crippen MR) is 97.9 cm³/mol. The van der Waals surface area contributed by atoms with Crippen molar-refractivity contribution < 1.29 is 9.59 Å². The Bertz CT molecular complexity index is 609. The molecule has 0 aromatic heterocycles. The van der Waals surface area contributed by atoms with Gasteiger partial charge in [-0.25, -0.2) is 0 Å². The Hall–Kier alpha value is -1.84. The van der Waals surface area contributed by atoms with E-state index in [0.717, 1.165) is 36.9 Å². The van der Waals surface area contributed by atoms with Crippen molar-refractivity contribution in [1.82, 2.24) is 5.32 Å². The molecule has 0 heterocycles. The normalized spacial score (nSPS) is 21.2. The van der Waals surface area contributed by atoms with Gasteiger partial charge in [-0.1, -0.05) is 17.7 Å². The third kappa shape index (κ3) is 5.08. The van der Waals surface area contributed by atoms with Crippen molar-refractivity contribution in [2.24, 2.45) is 11.8 Å². The lowest BCUT2D eigenvalue weighted by Gasteiger charge is -2.30. The van der Waals surface area contributed by atoms with E-state index >= 15 is 0 Å². The smallest absolute Gasteiger partial charge is 0.227 e. The van der Waals surface area contributed by atoms with Crippen molar-refractivity contribution in [2.45, 2.75) is 65.8 Å². The molecule has 24 heavy (non-hydrogen) atoms. The molecule has 2 N–H and O–H groups in total. The molecule has 1 aliphatic rings. The van der Waals surface area contributed by atoms with Crippen molar-refractivity contribution in [1.29, 1.82) is 0 Å². The van der Waals surface area contributed by atoms with Gasteiger partial charge in [-0.3, -0.25) is 9.59 Å². The first-order chi connectivity index (χ1) is 11.2. The highest BCUT2D eigenvalue weighted by molar-refractivity contribution is 5.93. The van der Waals surface area contributed by atoms with Gasteiger partial charge in [-0.05, 0) is 71.9 Å². The second-order valence-electron chi connectivity index (χ2n) is 8.10. The van der Waals surface area contributed by atoms with Gasteiger partial charge in [0.05, 0.1) is 0 Å². The van der Waals surface area contributed by atoms with Crippen LogP contribution in [0.1, 0.15) is 57.6 Å². The average molecular weight is 330 g/mol. The van der Waals surface area contributed by atoms with Crippen molar-refractivity contribution in [2.75, 3.05) is 5.32 Å². The molecule has 132 valence electrons. The molecule has 2 amide bonds. The van der Waals surface area contributed by atoms with E-state index in [2.05, 4.69) is 16.7 Å². The molecule has 0 saturated heterocycles. The van der Waals surface area contributed by atoms with Gasteiger partial charge in [-0.15, -0.1) is 0 Å². The number of carbonyl (C=O) groups is 2. The number of rotatable bonds is 3. The number of amides is 2. The van der Waals surface area contributed by atoms with Gasteiger partial charge in [0, 0.05) is 23.1 Å². The van der Waals surface area contributed by atoms with Gasteiger partial charge in [-0.2, -0.15) is 0 Å². The fourth-order valence-electron chi connectivity index (χ4n) is 3.28. The third-order valence-corrected chi connectivity index (χ3v) is 4.61. The molecule has 4 nitrogen and oxygen atoms in total. The van der Waals surface area contributed by atoms with Gasteiger partial charge in [0.25, 0.3) is 0 Å². The van der Waals surface area contributed by atoms with Crippen LogP contribution in [-0.2, 0) is 9.59 Å². The molecule has 0 radical (unpaired) electrons. The van der Waals surface area contributed by atoms with E-state index in [4.69, 9.17) is 0 Å². The van der Waals surface area contributed by atoms with E-state index in [-0.39, 0.29) is 29.2 Å². The molecular weight excluding hydrogens is 300 g/mol. The van der Waals surface area contributed by atoms with Crippen LogP contribution in [0.25, 0.3) is 0 Å². The van der Waals surface area contributed by atoms with Crippen LogP contribution >= 0.6 is 0 Å². The molecule has 0 spiro atoms. The highest BCUT2D eigenvalue weighted by atomic mass is 16.2. The van der Waals surface area contributed by atoms with Crippen LogP contribution in [0.4, 0.5) is 5.69 Å². The van der Waals surface area contributed by atoms with Crippen molar-refractivity contribution in [3.05, 3.63) is 29.3 Å². The zero-order valence-electron chi connectivity index (χ0n) is 15.5. The lowest BCUT2D eigenvalue weighted by Crippen LogP contribution is -2.45. The Kier molecular flexibility index (Phi) is 5.68. The number of hydrogen-bond acceptors (Lipinski definition) is 2. The average Bonchev–Trinajstić information content (AvgIpc) is 2.48. The number of aryl methyl sites for hydroxylation is 2. The van der Waals surface area contributed by atoms with E-state index in [9.17, 15) is 9.59 Å². The van der Waals surface area contributed by atoms with Gasteiger partial charge >= 0.3 is 0 Å². The Morgan fingerprint density at radius 1 is 0.958 bits per heavy atom. The molecule has 1 aromatic rings. The number of hydrogen-bond donors (Lipinski definition) is 2. The first-order valence-electron chi connectivity index (χ1n) is 8.86. The second-order valence-corrected chi connectivity index (χ2v) is 8.10. The Balaban J connectivity index is 1.87. The molecule has 1 fully saturated rings. The summed E-state index contributed by atoms with van der Waals surface area (Å²) in [5, 5.41) is 6.10. The quantitative estimate of drug-likeness (QED) is 0.881. The van der Waals surface area contributed by atoms with E-state index in [1.165, 1.54) is 5.56 Å². The maximum Gasteiger partial charge on any atom is 0.227 e. The van der Waals surface area contributed by atoms with Crippen molar-refractivity contribution in [3.8, 4) is 0 Å². The number of carbonyl (C=O) groups excluding carboxylic acids is 2. The summed E-state index contributed by atoms with van der Waals surface area (Å²) in [5.74, 6) is 0.242. The third-order valence-electron chi connectivity index (χ3n) is 4.61. The summed E-state index contributed by atoms with van der Waals surface area (Å²) in [6.07, 6.45) is 3.12. The summed E-state index contributed by atoms with van der Waals surface area (Å²) in [5.41, 5.74) is 2.96. The van der Waals surface area contributed by atoms with Crippen LogP contribution in [0.3, 0.4) is 0 Å². The van der Waals surface area contributed by atoms with Gasteiger partial charge in [0.1, 0.15) is 0 Å². The highest BCUT2D eigenvalue weighted by Gasteiger charge is 2.31. The molecule has 2 rings (SSSR count). The standard InChI is InChI=1S/C20H30N2O2/c1-13-6-11-17(14(2)12-13)21-18(23)15-7-9-16(10-8-15)19(24)22-20(3,4)5/h6,11-12,15-16H,7-10H2,1-5H3,(H,21,23)(H,22,24). The van der Waals surface area contributed by atoms with Gasteiger partial charge < -0.3 is 10.6 Å². The van der Waals surface area contributed by atoms with Crippen LogP contribution < -0.4 is 10.6 Å². The fourth-order valence-corrected chi connectivity index (χ4v) is 3.28. The maximum absolute atomic E-state index is 12.5. The van der Waals surface area contributed by atoms with Crippen molar-refractivity contribution >= 4 is 17.5 Å². The number of nitrogens with one attached hydrogen (secondary N) is 2.